The molecule has 0 aliphatic carbocycles. The summed E-state index contributed by atoms with van der Waals surface area (Å²) in [6, 6.07) is 6.38. The number of benzene rings is 1. The summed E-state index contributed by atoms with van der Waals surface area (Å²) in [6.45, 7) is 4.72. The molecule has 1 unspecified atom stereocenters. The fraction of sp³-hybridized carbons (Fsp3) is 0.600. The lowest BCUT2D eigenvalue weighted by molar-refractivity contribution is 0.0643. The summed E-state index contributed by atoms with van der Waals surface area (Å²) < 4.78 is 17.2. The van der Waals surface area contributed by atoms with Crippen LogP contribution < -0.4 is 10.1 Å². The number of rotatable bonds is 10. The topological polar surface area (TPSA) is 39.7 Å². The summed E-state index contributed by atoms with van der Waals surface area (Å²) in [5.41, 5.74) is 1.16. The molecule has 0 spiro atoms. The van der Waals surface area contributed by atoms with Crippen molar-refractivity contribution in [2.45, 2.75) is 19.4 Å². The van der Waals surface area contributed by atoms with Gasteiger partial charge in [-0.15, -0.1) is 0 Å². The zero-order chi connectivity index (χ0) is 14.8. The molecule has 1 atom stereocenters. The van der Waals surface area contributed by atoms with Gasteiger partial charge in [-0.2, -0.15) is 0 Å². The molecule has 1 aromatic rings. The first-order chi connectivity index (χ1) is 9.69. The monoisotopic (exact) mass is 345 g/mol. The van der Waals surface area contributed by atoms with E-state index in [1.165, 1.54) is 0 Å². The highest BCUT2D eigenvalue weighted by Crippen LogP contribution is 2.28. The number of hydrogen-bond donors (Lipinski definition) is 1. The highest BCUT2D eigenvalue weighted by atomic mass is 79.9. The van der Waals surface area contributed by atoms with Crippen LogP contribution in [0.2, 0.25) is 0 Å². The summed E-state index contributed by atoms with van der Waals surface area (Å²) in [5, 5.41) is 3.23. The number of halogens is 1. The van der Waals surface area contributed by atoms with Gasteiger partial charge in [0, 0.05) is 36.2 Å². The van der Waals surface area contributed by atoms with Crippen molar-refractivity contribution < 1.29 is 14.2 Å². The second-order valence-electron chi connectivity index (χ2n) is 4.50. The summed E-state index contributed by atoms with van der Waals surface area (Å²) in [7, 11) is 3.62. The molecule has 0 aliphatic rings. The molecule has 0 aliphatic heterocycles. The van der Waals surface area contributed by atoms with Gasteiger partial charge >= 0.3 is 0 Å². The average Bonchev–Trinajstić information content (AvgIpc) is 2.45. The van der Waals surface area contributed by atoms with Crippen molar-refractivity contribution in [3.8, 4) is 5.75 Å². The highest BCUT2D eigenvalue weighted by Gasteiger charge is 2.10. The smallest absolute Gasteiger partial charge is 0.125 e. The van der Waals surface area contributed by atoms with Gasteiger partial charge in [-0.25, -0.2) is 0 Å². The van der Waals surface area contributed by atoms with E-state index >= 15 is 0 Å². The van der Waals surface area contributed by atoms with Gasteiger partial charge in [0.25, 0.3) is 0 Å². The van der Waals surface area contributed by atoms with Crippen molar-refractivity contribution in [3.63, 3.8) is 0 Å². The molecular weight excluding hydrogens is 322 g/mol. The number of ether oxygens (including phenoxy) is 3. The van der Waals surface area contributed by atoms with Gasteiger partial charge in [0.15, 0.2) is 0 Å². The minimum absolute atomic E-state index is 0.260. The quantitative estimate of drug-likeness (QED) is 0.661. The minimum Gasteiger partial charge on any atom is -0.493 e. The number of nitrogens with one attached hydrogen (secondary N) is 1. The third-order valence-electron chi connectivity index (χ3n) is 3.00. The van der Waals surface area contributed by atoms with Crippen molar-refractivity contribution >= 4 is 15.9 Å². The van der Waals surface area contributed by atoms with E-state index < -0.39 is 0 Å². The predicted molar refractivity (Wildman–Crippen MR) is 84.4 cm³/mol. The summed E-state index contributed by atoms with van der Waals surface area (Å²) in [4.78, 5) is 0. The molecule has 4 nitrogen and oxygen atoms in total. The lowest BCUT2D eigenvalue weighted by Gasteiger charge is -2.17. The van der Waals surface area contributed by atoms with E-state index in [-0.39, 0.29) is 6.04 Å². The first-order valence-electron chi connectivity index (χ1n) is 6.85. The van der Waals surface area contributed by atoms with Crippen LogP contribution in [-0.4, -0.2) is 40.6 Å². The van der Waals surface area contributed by atoms with Crippen LogP contribution in [0, 0.1) is 0 Å². The van der Waals surface area contributed by atoms with E-state index in [9.17, 15) is 0 Å². The molecular formula is C15H24BrNO3. The van der Waals surface area contributed by atoms with E-state index in [4.69, 9.17) is 14.2 Å². The first-order valence-corrected chi connectivity index (χ1v) is 7.64. The maximum atomic E-state index is 5.87. The van der Waals surface area contributed by atoms with Gasteiger partial charge in [0.1, 0.15) is 5.75 Å². The molecule has 0 saturated carbocycles. The van der Waals surface area contributed by atoms with E-state index in [2.05, 4.69) is 34.2 Å². The Morgan fingerprint density at radius 3 is 2.70 bits per heavy atom. The van der Waals surface area contributed by atoms with Crippen molar-refractivity contribution in [3.05, 3.63) is 28.2 Å². The summed E-state index contributed by atoms with van der Waals surface area (Å²) in [6.07, 6.45) is 0.865. The van der Waals surface area contributed by atoms with Crippen molar-refractivity contribution in [2.24, 2.45) is 0 Å². The molecule has 1 N–H and O–H groups in total. The van der Waals surface area contributed by atoms with E-state index in [0.29, 0.717) is 26.4 Å². The third-order valence-corrected chi connectivity index (χ3v) is 3.49. The van der Waals surface area contributed by atoms with Gasteiger partial charge in [0.05, 0.1) is 19.8 Å². The lowest BCUT2D eigenvalue weighted by atomic mass is 10.1. The molecule has 0 fully saturated rings. The Labute approximate surface area is 129 Å². The maximum Gasteiger partial charge on any atom is 0.125 e. The number of hydrogen-bond acceptors (Lipinski definition) is 4. The standard InChI is InChI=1S/C15H24BrNO3/c1-12(17-2)14-6-5-13(16)11-15(14)20-8-4-7-19-10-9-18-3/h5-6,11-12,17H,4,7-10H2,1-3H3. The maximum absolute atomic E-state index is 5.87. The van der Waals surface area contributed by atoms with Crippen LogP contribution in [-0.2, 0) is 9.47 Å². The minimum atomic E-state index is 0.260. The first kappa shape index (κ1) is 17.4. The van der Waals surface area contributed by atoms with Crippen molar-refractivity contribution in [1.82, 2.24) is 5.32 Å². The lowest BCUT2D eigenvalue weighted by Crippen LogP contribution is -2.14. The van der Waals surface area contributed by atoms with Gasteiger partial charge in [-0.05, 0) is 26.1 Å². The van der Waals surface area contributed by atoms with Crippen molar-refractivity contribution in [1.29, 1.82) is 0 Å². The fourth-order valence-corrected chi connectivity index (χ4v) is 2.07. The molecule has 20 heavy (non-hydrogen) atoms. The van der Waals surface area contributed by atoms with E-state index in [0.717, 1.165) is 22.2 Å². The van der Waals surface area contributed by atoms with Gasteiger partial charge in [-0.1, -0.05) is 22.0 Å². The molecule has 1 aromatic carbocycles. The zero-order valence-electron chi connectivity index (χ0n) is 12.4. The molecule has 0 heterocycles. The van der Waals surface area contributed by atoms with Crippen molar-refractivity contribution in [2.75, 3.05) is 40.6 Å². The number of methoxy groups -OCH3 is 1. The Kier molecular flexibility index (Phi) is 8.85. The second-order valence-corrected chi connectivity index (χ2v) is 5.42. The van der Waals surface area contributed by atoms with Gasteiger partial charge in [0.2, 0.25) is 0 Å². The van der Waals surface area contributed by atoms with Crippen LogP contribution in [0.25, 0.3) is 0 Å². The van der Waals surface area contributed by atoms with E-state index in [1.807, 2.05) is 19.2 Å². The van der Waals surface area contributed by atoms with Crippen LogP contribution in [0.15, 0.2) is 22.7 Å². The molecule has 0 saturated heterocycles. The SMILES string of the molecule is CNC(C)c1ccc(Br)cc1OCCCOCCOC. The van der Waals surface area contributed by atoms with Crippen LogP contribution in [0.3, 0.4) is 0 Å². The average molecular weight is 346 g/mol. The Hall–Kier alpha value is -0.620. The molecule has 0 aromatic heterocycles. The normalized spacial score (nSPS) is 12.4. The highest BCUT2D eigenvalue weighted by molar-refractivity contribution is 9.10. The Morgan fingerprint density at radius 1 is 1.20 bits per heavy atom. The summed E-state index contributed by atoms with van der Waals surface area (Å²) >= 11 is 3.48. The van der Waals surface area contributed by atoms with Crippen LogP contribution in [0.5, 0.6) is 5.75 Å². The third kappa shape index (κ3) is 6.22. The van der Waals surface area contributed by atoms with Crippen LogP contribution in [0.4, 0.5) is 0 Å². The molecule has 1 rings (SSSR count). The predicted octanol–water partition coefficient (Wildman–Crippen LogP) is 3.16. The summed E-state index contributed by atoms with van der Waals surface area (Å²) in [5.74, 6) is 0.915. The van der Waals surface area contributed by atoms with E-state index in [1.54, 1.807) is 7.11 Å². The molecule has 0 amide bonds. The Bertz CT molecular complexity index is 387. The Balaban J connectivity index is 2.40. The fourth-order valence-electron chi connectivity index (χ4n) is 1.73. The molecule has 114 valence electrons. The Morgan fingerprint density at radius 2 is 2.00 bits per heavy atom. The molecule has 0 bridgehead atoms. The van der Waals surface area contributed by atoms with Crippen LogP contribution in [0.1, 0.15) is 24.9 Å². The zero-order valence-corrected chi connectivity index (χ0v) is 14.0. The van der Waals surface area contributed by atoms with Gasteiger partial charge in [-0.3, -0.25) is 0 Å². The second kappa shape index (κ2) is 10.2. The molecule has 5 heteroatoms. The van der Waals surface area contributed by atoms with Crippen LogP contribution >= 0.6 is 15.9 Å². The largest absolute Gasteiger partial charge is 0.493 e. The van der Waals surface area contributed by atoms with Gasteiger partial charge < -0.3 is 19.5 Å². The molecule has 0 radical (unpaired) electrons.